The molecule has 0 aliphatic rings. The molecule has 2 heteroatoms. The Bertz CT molecular complexity index is 302. The molecule has 0 aromatic heterocycles. The van der Waals surface area contributed by atoms with Crippen LogP contribution in [-0.4, -0.2) is 9.96 Å². The van der Waals surface area contributed by atoms with Crippen LogP contribution in [-0.2, 0) is 17.1 Å². The van der Waals surface area contributed by atoms with E-state index in [0.717, 1.165) is 0 Å². The fraction of sp³-hybridized carbons (Fsp3) is 0.167. The first kappa shape index (κ1) is 11.5. The van der Waals surface area contributed by atoms with E-state index in [1.54, 1.807) is 0 Å². The molecule has 0 unspecified atom stereocenters. The summed E-state index contributed by atoms with van der Waals surface area (Å²) in [6, 6.07) is 18.1. The van der Waals surface area contributed by atoms with Crippen molar-refractivity contribution in [2.75, 3.05) is 0 Å². The van der Waals surface area contributed by atoms with Crippen LogP contribution in [0, 0.1) is 0 Å². The minimum absolute atomic E-state index is 0. The van der Waals surface area contributed by atoms with Crippen molar-refractivity contribution in [3.8, 4) is 0 Å². The quantitative estimate of drug-likeness (QED) is 0.535. The van der Waals surface area contributed by atoms with Gasteiger partial charge in [-0.25, -0.2) is 24.3 Å². The minimum Gasteiger partial charge on any atom is -0.214 e. The standard InChI is InChI=1S/C7H11Si.C5H5.Fe/c1-8(2)7-5-3-4-6-7;1-2-4-5-3-1;/h3-6,8H,1-2H3;1-5H;/q2*-1;+2/i8D;;. The van der Waals surface area contributed by atoms with E-state index in [1.807, 2.05) is 67.7 Å². The van der Waals surface area contributed by atoms with Crippen LogP contribution in [0.25, 0.3) is 0 Å². The van der Waals surface area contributed by atoms with Crippen LogP contribution < -0.4 is 5.19 Å². The van der Waals surface area contributed by atoms with Gasteiger partial charge >= 0.3 is 17.1 Å². The van der Waals surface area contributed by atoms with Crippen molar-refractivity contribution in [2.24, 2.45) is 0 Å². The Hall–Kier alpha value is -0.564. The molecule has 0 N–H and O–H groups in total. The van der Waals surface area contributed by atoms with Gasteiger partial charge in [0.1, 0.15) is 0 Å². The third-order valence-electron chi connectivity index (χ3n) is 1.80. The van der Waals surface area contributed by atoms with Gasteiger partial charge < -0.3 is 0 Å². The van der Waals surface area contributed by atoms with Crippen LogP contribution in [0.1, 0.15) is 0 Å². The number of hydrogen-bond acceptors (Lipinski definition) is 0. The van der Waals surface area contributed by atoms with Gasteiger partial charge in [-0.2, -0.15) is 35.5 Å². The van der Waals surface area contributed by atoms with E-state index < -0.39 is 8.73 Å². The second kappa shape index (κ2) is 7.80. The van der Waals surface area contributed by atoms with Gasteiger partial charge in [-0.15, -0.1) is 0 Å². The van der Waals surface area contributed by atoms with Crippen molar-refractivity contribution < 1.29 is 17.1 Å². The molecule has 0 aliphatic carbocycles. The van der Waals surface area contributed by atoms with Crippen LogP contribution in [0.2, 0.25) is 13.1 Å². The molecule has 0 fully saturated rings. The average molecular weight is 245 g/mol. The molecule has 76 valence electrons. The predicted octanol–water partition coefficient (Wildman–Crippen LogP) is 2.50. The molecule has 0 heterocycles. The summed E-state index contributed by atoms with van der Waals surface area (Å²) in [5.41, 5.74) is 0. The summed E-state index contributed by atoms with van der Waals surface area (Å²) in [5, 5.41) is 1.22. The van der Waals surface area contributed by atoms with E-state index in [4.69, 9.17) is 1.23 Å². The summed E-state index contributed by atoms with van der Waals surface area (Å²) < 4.78 is 7.73. The number of rotatable bonds is 1. The molecule has 2 aromatic rings. The van der Waals surface area contributed by atoms with E-state index in [9.17, 15) is 0 Å². The van der Waals surface area contributed by atoms with E-state index in [-0.39, 0.29) is 17.1 Å². The zero-order valence-electron chi connectivity index (χ0n) is 9.55. The van der Waals surface area contributed by atoms with Crippen molar-refractivity contribution in [3.63, 3.8) is 0 Å². The first-order chi connectivity index (χ1) is 6.61. The maximum Gasteiger partial charge on any atom is 2.00 e. The van der Waals surface area contributed by atoms with Crippen LogP contribution in [0.4, 0.5) is 0 Å². The number of hydrogen-bond donors (Lipinski definition) is 0. The molecule has 0 aliphatic heterocycles. The fourth-order valence-corrected chi connectivity index (χ4v) is 1.89. The van der Waals surface area contributed by atoms with Gasteiger partial charge in [-0.05, 0) is 0 Å². The van der Waals surface area contributed by atoms with Gasteiger partial charge in [0, 0.05) is 9.96 Å². The maximum absolute atomic E-state index is 7.73. The summed E-state index contributed by atoms with van der Waals surface area (Å²) in [6.07, 6.45) is 0. The van der Waals surface area contributed by atoms with Gasteiger partial charge in [0.2, 0.25) is 0 Å². The predicted molar refractivity (Wildman–Crippen MR) is 62.6 cm³/mol. The van der Waals surface area contributed by atoms with E-state index in [0.29, 0.717) is 0 Å². The van der Waals surface area contributed by atoms with Crippen LogP contribution in [0.5, 0.6) is 0 Å². The van der Waals surface area contributed by atoms with Gasteiger partial charge in [-0.3, -0.25) is 0 Å². The topological polar surface area (TPSA) is 0 Å². The van der Waals surface area contributed by atoms with Crippen LogP contribution >= 0.6 is 0 Å². The van der Waals surface area contributed by atoms with Crippen molar-refractivity contribution in [1.82, 2.24) is 0 Å². The minimum atomic E-state index is -1.73. The summed E-state index contributed by atoms with van der Waals surface area (Å²) >= 11 is 0. The Balaban J connectivity index is 0.000000280. The molecule has 0 saturated heterocycles. The monoisotopic (exact) mass is 245 g/mol. The van der Waals surface area contributed by atoms with Crippen molar-refractivity contribution in [3.05, 3.63) is 54.6 Å². The van der Waals surface area contributed by atoms with E-state index in [1.165, 1.54) is 5.19 Å². The van der Waals surface area contributed by atoms with Gasteiger partial charge in [-0.1, -0.05) is 13.1 Å². The van der Waals surface area contributed by atoms with Crippen LogP contribution in [0.3, 0.4) is 0 Å². The second-order valence-corrected chi connectivity index (χ2v) is 5.71. The molecule has 0 spiro atoms. The summed E-state index contributed by atoms with van der Waals surface area (Å²) in [6.45, 7) is 4.06. The molecular formula is C12H16FeSi. The zero-order valence-corrected chi connectivity index (χ0v) is 10.7. The normalized spacial score (nSPS) is 10.6. The first-order valence-electron chi connectivity index (χ1n) is 4.99. The summed E-state index contributed by atoms with van der Waals surface area (Å²) in [5.74, 6) is 0. The van der Waals surface area contributed by atoms with Crippen molar-refractivity contribution in [1.29, 1.82) is 1.23 Å². The van der Waals surface area contributed by atoms with E-state index in [2.05, 4.69) is 0 Å². The smallest absolute Gasteiger partial charge is 0.214 e. The third-order valence-corrected chi connectivity index (χ3v) is 3.28. The van der Waals surface area contributed by atoms with Gasteiger partial charge in [0.25, 0.3) is 0 Å². The van der Waals surface area contributed by atoms with Crippen LogP contribution in [0.15, 0.2) is 54.6 Å². The fourth-order valence-electron chi connectivity index (χ4n) is 1.03. The van der Waals surface area contributed by atoms with Crippen molar-refractivity contribution in [2.45, 2.75) is 13.1 Å². The maximum atomic E-state index is 7.73. The molecule has 0 saturated carbocycles. The molecule has 14 heavy (non-hydrogen) atoms. The summed E-state index contributed by atoms with van der Waals surface area (Å²) in [7, 11) is -1.73. The molecule has 2 aromatic carbocycles. The Morgan fingerprint density at radius 1 is 1.07 bits per heavy atom. The second-order valence-electron chi connectivity index (χ2n) is 3.14. The summed E-state index contributed by atoms with van der Waals surface area (Å²) in [4.78, 5) is 0. The molecule has 0 radical (unpaired) electrons. The largest absolute Gasteiger partial charge is 2.00 e. The molecule has 0 nitrogen and oxygen atoms in total. The van der Waals surface area contributed by atoms with Gasteiger partial charge in [0.15, 0.2) is 0 Å². The SMILES string of the molecule is [2H][Si](C)(C)[c-]1cccc1.[Fe+2].c1cc[cH-]c1. The van der Waals surface area contributed by atoms with Crippen molar-refractivity contribution >= 4 is 13.9 Å². The Morgan fingerprint density at radius 3 is 1.79 bits per heavy atom. The zero-order chi connectivity index (χ0) is 10.4. The third kappa shape index (κ3) is 5.23. The Kier molecular flexibility index (Phi) is 6.42. The molecular weight excluding hydrogens is 228 g/mol. The average Bonchev–Trinajstić information content (AvgIpc) is 2.80. The molecule has 0 bridgehead atoms. The Morgan fingerprint density at radius 2 is 1.57 bits per heavy atom. The molecule has 2 rings (SSSR count). The Labute approximate surface area is 100 Å². The van der Waals surface area contributed by atoms with Gasteiger partial charge in [0.05, 0.1) is 0 Å². The molecule has 0 atom stereocenters. The van der Waals surface area contributed by atoms with E-state index >= 15 is 0 Å². The first-order valence-corrected chi connectivity index (χ1v) is 6.99. The molecule has 0 amide bonds.